The third-order valence-electron chi connectivity index (χ3n) is 3.61. The zero-order chi connectivity index (χ0) is 13.1. The zero-order valence-electron chi connectivity index (χ0n) is 10.9. The average molecular weight is 283 g/mol. The van der Waals surface area contributed by atoms with Crippen molar-refractivity contribution < 1.29 is 8.42 Å². The minimum atomic E-state index is -3.31. The first-order valence-electron chi connectivity index (χ1n) is 6.20. The summed E-state index contributed by atoms with van der Waals surface area (Å²) in [5.41, 5.74) is 0. The maximum atomic E-state index is 12.4. The summed E-state index contributed by atoms with van der Waals surface area (Å²) in [7, 11) is -1.68. The summed E-state index contributed by atoms with van der Waals surface area (Å²) in [5, 5.41) is 0. The van der Waals surface area contributed by atoms with Gasteiger partial charge in [0.1, 0.15) is 0 Å². The number of rotatable bonds is 5. The standard InChI is InChI=1S/C11H23ClN2O2S/c1-10-6-4-9-14(11(10)2)17(15,16)13(3)8-5-7-12/h10-11H,4-9H2,1-3H3. The molecule has 0 radical (unpaired) electrons. The van der Waals surface area contributed by atoms with Gasteiger partial charge in [-0.25, -0.2) is 0 Å². The quantitative estimate of drug-likeness (QED) is 0.723. The molecule has 1 heterocycles. The highest BCUT2D eigenvalue weighted by atomic mass is 35.5. The molecule has 2 atom stereocenters. The lowest BCUT2D eigenvalue weighted by Gasteiger charge is -2.38. The van der Waals surface area contributed by atoms with Crippen LogP contribution in [0.1, 0.15) is 33.1 Å². The Morgan fingerprint density at radius 2 is 2.06 bits per heavy atom. The molecule has 1 saturated heterocycles. The summed E-state index contributed by atoms with van der Waals surface area (Å²) >= 11 is 5.60. The fraction of sp³-hybridized carbons (Fsp3) is 1.00. The summed E-state index contributed by atoms with van der Waals surface area (Å²) < 4.78 is 27.8. The lowest BCUT2D eigenvalue weighted by atomic mass is 9.94. The Morgan fingerprint density at radius 1 is 1.41 bits per heavy atom. The van der Waals surface area contributed by atoms with E-state index in [9.17, 15) is 8.42 Å². The minimum absolute atomic E-state index is 0.0900. The Labute approximate surface area is 110 Å². The van der Waals surface area contributed by atoms with Crippen LogP contribution >= 0.6 is 11.6 Å². The van der Waals surface area contributed by atoms with Crippen LogP contribution in [0.25, 0.3) is 0 Å². The Hall–Kier alpha value is 0.160. The van der Waals surface area contributed by atoms with E-state index in [2.05, 4.69) is 6.92 Å². The van der Waals surface area contributed by atoms with Gasteiger partial charge in [0, 0.05) is 32.1 Å². The van der Waals surface area contributed by atoms with E-state index < -0.39 is 10.2 Å². The molecule has 2 unspecified atom stereocenters. The second-order valence-corrected chi connectivity index (χ2v) is 7.21. The summed E-state index contributed by atoms with van der Waals surface area (Å²) in [6.45, 7) is 5.24. The smallest absolute Gasteiger partial charge is 0.195 e. The topological polar surface area (TPSA) is 40.6 Å². The molecule has 0 amide bonds. The number of alkyl halides is 1. The predicted octanol–water partition coefficient (Wildman–Crippen LogP) is 1.91. The number of hydrogen-bond donors (Lipinski definition) is 0. The molecule has 0 aromatic heterocycles. The van der Waals surface area contributed by atoms with E-state index >= 15 is 0 Å². The van der Waals surface area contributed by atoms with Crippen LogP contribution in [0.5, 0.6) is 0 Å². The van der Waals surface area contributed by atoms with Crippen LogP contribution < -0.4 is 0 Å². The first-order chi connectivity index (χ1) is 7.91. The van der Waals surface area contributed by atoms with Crippen LogP contribution in [0.15, 0.2) is 0 Å². The molecule has 6 heteroatoms. The molecule has 1 aliphatic heterocycles. The number of nitrogens with zero attached hydrogens (tertiary/aromatic N) is 2. The van der Waals surface area contributed by atoms with E-state index in [-0.39, 0.29) is 6.04 Å². The highest BCUT2D eigenvalue weighted by molar-refractivity contribution is 7.86. The summed E-state index contributed by atoms with van der Waals surface area (Å²) in [5.74, 6) is 0.922. The van der Waals surface area contributed by atoms with Gasteiger partial charge in [-0.1, -0.05) is 6.92 Å². The third kappa shape index (κ3) is 3.56. The maximum Gasteiger partial charge on any atom is 0.281 e. The van der Waals surface area contributed by atoms with E-state index in [1.807, 2.05) is 6.92 Å². The first kappa shape index (κ1) is 15.2. The van der Waals surface area contributed by atoms with Gasteiger partial charge in [-0.05, 0) is 32.1 Å². The van der Waals surface area contributed by atoms with Crippen molar-refractivity contribution in [2.75, 3.05) is 26.0 Å². The number of halogens is 1. The van der Waals surface area contributed by atoms with Crippen molar-refractivity contribution in [3.63, 3.8) is 0 Å². The molecule has 0 aromatic rings. The van der Waals surface area contributed by atoms with Crippen molar-refractivity contribution in [2.45, 2.75) is 39.2 Å². The van der Waals surface area contributed by atoms with Crippen LogP contribution in [-0.4, -0.2) is 49.1 Å². The second kappa shape index (κ2) is 6.36. The van der Waals surface area contributed by atoms with Crippen molar-refractivity contribution in [3.8, 4) is 0 Å². The molecule has 17 heavy (non-hydrogen) atoms. The molecule has 1 fully saturated rings. The molecule has 0 aromatic carbocycles. The number of hydrogen-bond acceptors (Lipinski definition) is 2. The lowest BCUT2D eigenvalue weighted by Crippen LogP contribution is -2.51. The van der Waals surface area contributed by atoms with Crippen molar-refractivity contribution in [2.24, 2.45) is 5.92 Å². The average Bonchev–Trinajstić information content (AvgIpc) is 2.29. The minimum Gasteiger partial charge on any atom is -0.195 e. The van der Waals surface area contributed by atoms with E-state index in [4.69, 9.17) is 11.6 Å². The van der Waals surface area contributed by atoms with Gasteiger partial charge in [0.2, 0.25) is 0 Å². The van der Waals surface area contributed by atoms with Gasteiger partial charge in [-0.2, -0.15) is 17.0 Å². The maximum absolute atomic E-state index is 12.4. The largest absolute Gasteiger partial charge is 0.281 e. The molecule has 0 spiro atoms. The van der Waals surface area contributed by atoms with Gasteiger partial charge in [0.05, 0.1) is 0 Å². The molecule has 0 saturated carbocycles. The molecule has 1 aliphatic rings. The summed E-state index contributed by atoms with van der Waals surface area (Å²) in [6, 6.07) is 0.0900. The van der Waals surface area contributed by atoms with Crippen LogP contribution in [0, 0.1) is 5.92 Å². The van der Waals surface area contributed by atoms with Crippen molar-refractivity contribution in [3.05, 3.63) is 0 Å². The third-order valence-corrected chi connectivity index (χ3v) is 5.96. The van der Waals surface area contributed by atoms with Gasteiger partial charge >= 0.3 is 0 Å². The van der Waals surface area contributed by atoms with Crippen molar-refractivity contribution >= 4 is 21.8 Å². The lowest BCUT2D eigenvalue weighted by molar-refractivity contribution is 0.191. The molecular weight excluding hydrogens is 260 g/mol. The zero-order valence-corrected chi connectivity index (χ0v) is 12.5. The monoisotopic (exact) mass is 282 g/mol. The molecule has 0 bridgehead atoms. The second-order valence-electron chi connectivity index (χ2n) is 4.84. The Kier molecular flexibility index (Phi) is 5.70. The van der Waals surface area contributed by atoms with Gasteiger partial charge in [-0.3, -0.25) is 0 Å². The summed E-state index contributed by atoms with van der Waals surface area (Å²) in [4.78, 5) is 0. The number of piperidine rings is 1. The fourth-order valence-corrected chi connectivity index (χ4v) is 4.03. The molecular formula is C11H23ClN2O2S. The first-order valence-corrected chi connectivity index (χ1v) is 8.13. The van der Waals surface area contributed by atoms with Gasteiger partial charge in [-0.15, -0.1) is 11.6 Å². The molecule has 4 nitrogen and oxygen atoms in total. The van der Waals surface area contributed by atoms with E-state index in [1.165, 1.54) is 4.31 Å². The Bertz CT molecular complexity index is 334. The van der Waals surface area contributed by atoms with Crippen molar-refractivity contribution in [1.82, 2.24) is 8.61 Å². The van der Waals surface area contributed by atoms with Gasteiger partial charge < -0.3 is 0 Å². The van der Waals surface area contributed by atoms with Crippen LogP contribution in [0.2, 0.25) is 0 Å². The predicted molar refractivity (Wildman–Crippen MR) is 71.5 cm³/mol. The Balaban J connectivity index is 2.74. The summed E-state index contributed by atoms with van der Waals surface area (Å²) in [6.07, 6.45) is 2.75. The molecule has 0 N–H and O–H groups in total. The van der Waals surface area contributed by atoms with Crippen molar-refractivity contribution in [1.29, 1.82) is 0 Å². The fourth-order valence-electron chi connectivity index (χ4n) is 2.20. The molecule has 1 rings (SSSR count). The highest BCUT2D eigenvalue weighted by Gasteiger charge is 2.35. The van der Waals surface area contributed by atoms with Crippen LogP contribution in [0.3, 0.4) is 0 Å². The molecule has 102 valence electrons. The van der Waals surface area contributed by atoms with E-state index in [0.29, 0.717) is 31.3 Å². The highest BCUT2D eigenvalue weighted by Crippen LogP contribution is 2.26. The van der Waals surface area contributed by atoms with Gasteiger partial charge in [0.15, 0.2) is 0 Å². The molecule has 0 aliphatic carbocycles. The SMILES string of the molecule is CC1CCCN(S(=O)(=O)N(C)CCCCl)C1C. The van der Waals surface area contributed by atoms with Crippen LogP contribution in [0.4, 0.5) is 0 Å². The Morgan fingerprint density at radius 3 is 2.65 bits per heavy atom. The van der Waals surface area contributed by atoms with E-state index in [0.717, 1.165) is 12.8 Å². The van der Waals surface area contributed by atoms with Crippen LogP contribution in [-0.2, 0) is 10.2 Å². The van der Waals surface area contributed by atoms with E-state index in [1.54, 1.807) is 11.4 Å². The van der Waals surface area contributed by atoms with Gasteiger partial charge in [0.25, 0.3) is 10.2 Å². The normalized spacial score (nSPS) is 27.6.